The van der Waals surface area contributed by atoms with Crippen LogP contribution in [0.4, 0.5) is 0 Å². The molecule has 0 aromatic heterocycles. The third kappa shape index (κ3) is 4.52. The van der Waals surface area contributed by atoms with E-state index in [1.54, 1.807) is 0 Å². The predicted molar refractivity (Wildman–Crippen MR) is 130 cm³/mol. The third-order valence-electron chi connectivity index (χ3n) is 8.21. The van der Waals surface area contributed by atoms with Gasteiger partial charge in [-0.05, 0) is 98.8 Å². The molecule has 0 unspecified atom stereocenters. The van der Waals surface area contributed by atoms with Crippen molar-refractivity contribution in [2.75, 3.05) is 6.61 Å². The number of rotatable bonds is 9. The van der Waals surface area contributed by atoms with Crippen molar-refractivity contribution in [3.63, 3.8) is 0 Å². The summed E-state index contributed by atoms with van der Waals surface area (Å²) in [6, 6.07) is 14.8. The van der Waals surface area contributed by atoms with Gasteiger partial charge in [-0.2, -0.15) is 0 Å². The minimum absolute atomic E-state index is 0.473. The first-order valence-corrected chi connectivity index (χ1v) is 12.8. The Kier molecular flexibility index (Phi) is 6.40. The van der Waals surface area contributed by atoms with Crippen LogP contribution in [-0.4, -0.2) is 12.6 Å². The van der Waals surface area contributed by atoms with E-state index < -0.39 is 0 Å². The van der Waals surface area contributed by atoms with Gasteiger partial charge in [-0.1, -0.05) is 41.9 Å². The summed E-state index contributed by atoms with van der Waals surface area (Å²) in [7, 11) is 0. The molecule has 0 amide bonds. The van der Waals surface area contributed by atoms with Crippen LogP contribution in [0.15, 0.2) is 42.5 Å². The van der Waals surface area contributed by atoms with Gasteiger partial charge in [0.25, 0.3) is 0 Å². The third-order valence-corrected chi connectivity index (χ3v) is 8.49. The van der Waals surface area contributed by atoms with Gasteiger partial charge in [0, 0.05) is 12.6 Å². The van der Waals surface area contributed by atoms with Crippen molar-refractivity contribution in [2.24, 2.45) is 23.2 Å². The van der Waals surface area contributed by atoms with E-state index in [9.17, 15) is 0 Å². The van der Waals surface area contributed by atoms with E-state index in [0.717, 1.165) is 41.2 Å². The topological polar surface area (TPSA) is 30.5 Å². The zero-order valence-corrected chi connectivity index (χ0v) is 20.2. The lowest BCUT2D eigenvalue weighted by Gasteiger charge is -2.59. The summed E-state index contributed by atoms with van der Waals surface area (Å²) in [6.07, 6.45) is 8.73. The first kappa shape index (κ1) is 22.1. The molecule has 4 fully saturated rings. The molecule has 0 spiro atoms. The molecule has 172 valence electrons. The van der Waals surface area contributed by atoms with Gasteiger partial charge in [-0.3, -0.25) is 0 Å². The normalized spacial score (nSPS) is 29.2. The zero-order chi connectivity index (χ0) is 22.1. The second-order valence-electron chi connectivity index (χ2n) is 10.5. The molecule has 3 nitrogen and oxygen atoms in total. The molecule has 4 aliphatic rings. The van der Waals surface area contributed by atoms with E-state index in [2.05, 4.69) is 30.4 Å². The van der Waals surface area contributed by atoms with E-state index in [1.807, 2.05) is 31.2 Å². The Labute approximate surface area is 197 Å². The van der Waals surface area contributed by atoms with E-state index in [4.69, 9.17) is 21.1 Å². The maximum atomic E-state index is 6.68. The van der Waals surface area contributed by atoms with Crippen LogP contribution in [0, 0.1) is 23.2 Å². The van der Waals surface area contributed by atoms with Crippen LogP contribution in [0.5, 0.6) is 11.5 Å². The molecule has 0 aliphatic heterocycles. The van der Waals surface area contributed by atoms with E-state index in [0.29, 0.717) is 35.4 Å². The Hall–Kier alpha value is -1.71. The van der Waals surface area contributed by atoms with Crippen molar-refractivity contribution < 1.29 is 9.47 Å². The van der Waals surface area contributed by atoms with Crippen molar-refractivity contribution in [3.8, 4) is 11.5 Å². The number of halogens is 1. The van der Waals surface area contributed by atoms with Crippen LogP contribution in [0.3, 0.4) is 0 Å². The summed E-state index contributed by atoms with van der Waals surface area (Å²) in [6.45, 7) is 6.27. The van der Waals surface area contributed by atoms with E-state index in [-0.39, 0.29) is 0 Å². The highest BCUT2D eigenvalue weighted by atomic mass is 35.5. The summed E-state index contributed by atoms with van der Waals surface area (Å²) >= 11 is 6.68. The molecular weight excluding hydrogens is 418 g/mol. The maximum absolute atomic E-state index is 6.68. The predicted octanol–water partition coefficient (Wildman–Crippen LogP) is 7.01. The molecule has 0 heterocycles. The number of hydrogen-bond donors (Lipinski definition) is 1. The number of hydrogen-bond acceptors (Lipinski definition) is 3. The van der Waals surface area contributed by atoms with Crippen molar-refractivity contribution in [1.82, 2.24) is 5.32 Å². The lowest BCUT2D eigenvalue weighted by atomic mass is 9.48. The largest absolute Gasteiger partial charge is 0.490 e. The summed E-state index contributed by atoms with van der Waals surface area (Å²) < 4.78 is 12.0. The zero-order valence-electron chi connectivity index (χ0n) is 19.4. The number of benzene rings is 2. The highest BCUT2D eigenvalue weighted by Crippen LogP contribution is 2.61. The summed E-state index contributed by atoms with van der Waals surface area (Å²) in [5, 5.41) is 4.49. The second-order valence-corrected chi connectivity index (χ2v) is 10.9. The molecule has 0 radical (unpaired) electrons. The maximum Gasteiger partial charge on any atom is 0.180 e. The minimum atomic E-state index is 0.473. The van der Waals surface area contributed by atoms with Crippen LogP contribution in [0.1, 0.15) is 63.5 Å². The molecule has 2 aromatic carbocycles. The highest BCUT2D eigenvalue weighted by Gasteiger charge is 2.52. The van der Waals surface area contributed by atoms with Gasteiger partial charge in [0.2, 0.25) is 0 Å². The smallest absolute Gasteiger partial charge is 0.180 e. The van der Waals surface area contributed by atoms with Crippen molar-refractivity contribution in [3.05, 3.63) is 58.6 Å². The molecule has 4 heteroatoms. The fraction of sp³-hybridized carbons (Fsp3) is 0.571. The number of ether oxygens (including phenoxy) is 2. The van der Waals surface area contributed by atoms with Crippen molar-refractivity contribution in [1.29, 1.82) is 0 Å². The Balaban J connectivity index is 1.26. The SMILES string of the molecule is CCOc1cc(CN[C@H](C)C23CC4CC(CC(C4)C2)C3)cc(Cl)c1OCc1ccccc1. The van der Waals surface area contributed by atoms with Crippen LogP contribution in [-0.2, 0) is 13.2 Å². The fourth-order valence-electron chi connectivity index (χ4n) is 7.05. The average molecular weight is 454 g/mol. The standard InChI is InChI=1S/C28H36ClNO2/c1-3-31-26-13-24(12-25(29)27(26)32-18-20-7-5-4-6-8-20)17-30-19(2)28-14-21-9-22(15-28)11-23(10-21)16-28/h4-8,12-13,19,21-23,30H,3,9-11,14-18H2,1-2H3/t19-,21?,22?,23?,28?/m1/s1. The lowest BCUT2D eigenvalue weighted by molar-refractivity contribution is -0.0706. The Bertz CT molecular complexity index is 893. The van der Waals surface area contributed by atoms with Gasteiger partial charge >= 0.3 is 0 Å². The van der Waals surface area contributed by atoms with Gasteiger partial charge in [0.15, 0.2) is 11.5 Å². The average Bonchev–Trinajstić information content (AvgIpc) is 2.77. The van der Waals surface area contributed by atoms with Gasteiger partial charge in [0.05, 0.1) is 11.6 Å². The number of nitrogens with one attached hydrogen (secondary N) is 1. The Morgan fingerprint density at radius 3 is 2.25 bits per heavy atom. The highest BCUT2D eigenvalue weighted by molar-refractivity contribution is 6.32. The molecule has 2 aromatic rings. The van der Waals surface area contributed by atoms with E-state index in [1.165, 1.54) is 38.5 Å². The molecular formula is C28H36ClNO2. The monoisotopic (exact) mass is 453 g/mol. The fourth-order valence-corrected chi connectivity index (χ4v) is 7.34. The quantitative estimate of drug-likeness (QED) is 0.442. The summed E-state index contributed by atoms with van der Waals surface area (Å²) in [5.74, 6) is 4.30. The first-order valence-electron chi connectivity index (χ1n) is 12.4. The van der Waals surface area contributed by atoms with Gasteiger partial charge in [0.1, 0.15) is 6.61 Å². The lowest BCUT2D eigenvalue weighted by Crippen LogP contribution is -2.54. The first-order chi connectivity index (χ1) is 15.5. The summed E-state index contributed by atoms with van der Waals surface area (Å²) in [4.78, 5) is 0. The molecule has 4 saturated carbocycles. The molecule has 4 aliphatic carbocycles. The van der Waals surface area contributed by atoms with Gasteiger partial charge in [-0.15, -0.1) is 0 Å². The van der Waals surface area contributed by atoms with Crippen LogP contribution in [0.2, 0.25) is 5.02 Å². The minimum Gasteiger partial charge on any atom is -0.490 e. The Morgan fingerprint density at radius 2 is 1.62 bits per heavy atom. The molecule has 32 heavy (non-hydrogen) atoms. The van der Waals surface area contributed by atoms with Crippen LogP contribution >= 0.6 is 11.6 Å². The molecule has 6 rings (SSSR count). The van der Waals surface area contributed by atoms with Crippen LogP contribution < -0.4 is 14.8 Å². The van der Waals surface area contributed by atoms with Gasteiger partial charge in [-0.25, -0.2) is 0 Å². The van der Waals surface area contributed by atoms with Crippen LogP contribution in [0.25, 0.3) is 0 Å². The van der Waals surface area contributed by atoms with E-state index >= 15 is 0 Å². The van der Waals surface area contributed by atoms with Crippen molar-refractivity contribution >= 4 is 11.6 Å². The Morgan fingerprint density at radius 1 is 0.969 bits per heavy atom. The van der Waals surface area contributed by atoms with Gasteiger partial charge < -0.3 is 14.8 Å². The molecule has 1 atom stereocenters. The summed E-state index contributed by atoms with van der Waals surface area (Å²) in [5.41, 5.74) is 2.77. The second kappa shape index (κ2) is 9.27. The van der Waals surface area contributed by atoms with Crippen molar-refractivity contribution in [2.45, 2.75) is 71.6 Å². The molecule has 1 N–H and O–H groups in total. The molecule has 4 bridgehead atoms. The molecule has 0 saturated heterocycles.